The summed E-state index contributed by atoms with van der Waals surface area (Å²) in [4.78, 5) is 41.6. The van der Waals surface area contributed by atoms with Gasteiger partial charge in [-0.05, 0) is 69.5 Å². The molecule has 8 nitrogen and oxygen atoms in total. The summed E-state index contributed by atoms with van der Waals surface area (Å²) in [5.41, 5.74) is 3.26. The maximum atomic E-state index is 12.9. The van der Waals surface area contributed by atoms with E-state index >= 15 is 0 Å². The Hall–Kier alpha value is -3.39. The van der Waals surface area contributed by atoms with Crippen molar-refractivity contribution in [2.24, 2.45) is 0 Å². The second-order valence-electron chi connectivity index (χ2n) is 8.86. The molecule has 0 aliphatic rings. The van der Waals surface area contributed by atoms with Crippen molar-refractivity contribution in [3.05, 3.63) is 57.9 Å². The number of ether oxygens (including phenoxy) is 3. The number of Topliss-reactive ketones (excluding diaryl/α,β-unsaturated/α-hetero) is 1. The number of ketones is 1. The van der Waals surface area contributed by atoms with Crippen LogP contribution in [0.25, 0.3) is 11.0 Å². The summed E-state index contributed by atoms with van der Waals surface area (Å²) in [6, 6.07) is 8.90. The molecular formula is C28H33ClN2O6. The molecule has 0 fully saturated rings. The summed E-state index contributed by atoms with van der Waals surface area (Å²) in [6.07, 6.45) is 1.62. The Labute approximate surface area is 221 Å². The molecule has 1 unspecified atom stereocenters. The van der Waals surface area contributed by atoms with Crippen LogP contribution in [0, 0.1) is 13.8 Å². The third-order valence-corrected chi connectivity index (χ3v) is 6.29. The molecule has 3 aromatic rings. The van der Waals surface area contributed by atoms with Crippen LogP contribution in [0.15, 0.2) is 30.3 Å². The third-order valence-electron chi connectivity index (χ3n) is 5.94. The van der Waals surface area contributed by atoms with Crippen molar-refractivity contribution in [3.8, 4) is 5.75 Å². The molecule has 0 spiro atoms. The number of aryl methyl sites for hydroxylation is 2. The Morgan fingerprint density at radius 1 is 1.08 bits per heavy atom. The highest BCUT2D eigenvalue weighted by Gasteiger charge is 2.30. The zero-order chi connectivity index (χ0) is 27.1. The summed E-state index contributed by atoms with van der Waals surface area (Å²) in [5.74, 6) is -0.842. The zero-order valence-electron chi connectivity index (χ0n) is 21.9. The Morgan fingerprint density at radius 2 is 1.84 bits per heavy atom. The van der Waals surface area contributed by atoms with Crippen molar-refractivity contribution in [1.82, 2.24) is 9.55 Å². The lowest BCUT2D eigenvalue weighted by atomic mass is 10.1. The first kappa shape index (κ1) is 28.2. The molecule has 1 heterocycles. The van der Waals surface area contributed by atoms with E-state index in [-0.39, 0.29) is 12.2 Å². The number of hydrogen-bond acceptors (Lipinski definition) is 7. The molecule has 0 saturated heterocycles. The molecule has 0 aliphatic carbocycles. The van der Waals surface area contributed by atoms with E-state index in [0.717, 1.165) is 47.5 Å². The van der Waals surface area contributed by atoms with E-state index in [1.165, 1.54) is 6.92 Å². The van der Waals surface area contributed by atoms with Crippen LogP contribution in [-0.2, 0) is 25.6 Å². The molecule has 1 aromatic heterocycles. The number of rotatable bonds is 12. The Kier molecular flexibility index (Phi) is 9.69. The van der Waals surface area contributed by atoms with Gasteiger partial charge in [0.2, 0.25) is 0 Å². The molecule has 3 rings (SSSR count). The van der Waals surface area contributed by atoms with E-state index in [4.69, 9.17) is 25.8 Å². The summed E-state index contributed by atoms with van der Waals surface area (Å²) in [7, 11) is 0. The molecule has 0 saturated carbocycles. The van der Waals surface area contributed by atoms with Gasteiger partial charge in [-0.15, -0.1) is 0 Å². The minimum Gasteiger partial charge on any atom is -0.494 e. The number of aromatic nitrogens is 2. The number of hydrogen-bond donors (Lipinski definition) is 0. The first-order valence-electron chi connectivity index (χ1n) is 12.4. The van der Waals surface area contributed by atoms with Crippen LogP contribution in [0.1, 0.15) is 67.3 Å². The third kappa shape index (κ3) is 6.89. The predicted octanol–water partition coefficient (Wildman–Crippen LogP) is 5.60. The summed E-state index contributed by atoms with van der Waals surface area (Å²) < 4.78 is 17.9. The Balaban J connectivity index is 1.88. The van der Waals surface area contributed by atoms with Gasteiger partial charge in [-0.25, -0.2) is 14.6 Å². The van der Waals surface area contributed by atoms with Crippen LogP contribution in [-0.4, -0.2) is 46.6 Å². The lowest BCUT2D eigenvalue weighted by molar-refractivity contribution is -0.157. The summed E-state index contributed by atoms with van der Waals surface area (Å²) in [6.45, 7) is 9.78. The molecule has 1 atom stereocenters. The number of carbonyl (C=O) groups is 3. The number of halogens is 1. The molecule has 0 aliphatic heterocycles. The van der Waals surface area contributed by atoms with Crippen molar-refractivity contribution in [1.29, 1.82) is 0 Å². The number of carbonyl (C=O) groups excluding carboxylic acids is 3. The number of nitrogens with zero attached hydrogens (tertiary/aromatic N) is 2. The minimum atomic E-state index is -1.61. The normalized spacial score (nSPS) is 11.8. The molecule has 198 valence electrons. The zero-order valence-corrected chi connectivity index (χ0v) is 22.7. The molecule has 0 bridgehead atoms. The van der Waals surface area contributed by atoms with Gasteiger partial charge in [0.05, 0.1) is 36.4 Å². The number of imidazole rings is 1. The van der Waals surface area contributed by atoms with Crippen molar-refractivity contribution < 1.29 is 28.6 Å². The maximum Gasteiger partial charge on any atom is 0.355 e. The minimum absolute atomic E-state index is 0.0677. The van der Waals surface area contributed by atoms with Gasteiger partial charge in [-0.1, -0.05) is 37.4 Å². The molecule has 0 amide bonds. The smallest absolute Gasteiger partial charge is 0.355 e. The first-order chi connectivity index (χ1) is 17.7. The van der Waals surface area contributed by atoms with Gasteiger partial charge in [0, 0.05) is 5.02 Å². The highest BCUT2D eigenvalue weighted by atomic mass is 35.5. The van der Waals surface area contributed by atoms with E-state index in [0.29, 0.717) is 23.7 Å². The van der Waals surface area contributed by atoms with Crippen LogP contribution < -0.4 is 4.74 Å². The van der Waals surface area contributed by atoms with Gasteiger partial charge < -0.3 is 18.8 Å². The molecular weight excluding hydrogens is 496 g/mol. The monoisotopic (exact) mass is 528 g/mol. The highest BCUT2D eigenvalue weighted by Crippen LogP contribution is 2.28. The van der Waals surface area contributed by atoms with Crippen molar-refractivity contribution in [3.63, 3.8) is 0 Å². The van der Waals surface area contributed by atoms with E-state index in [1.807, 2.05) is 36.6 Å². The van der Waals surface area contributed by atoms with E-state index in [2.05, 4.69) is 11.9 Å². The molecule has 2 aromatic carbocycles. The van der Waals surface area contributed by atoms with Crippen molar-refractivity contribution in [2.75, 3.05) is 13.2 Å². The fraction of sp³-hybridized carbons (Fsp3) is 0.429. The lowest BCUT2D eigenvalue weighted by Gasteiger charge is -2.14. The number of benzene rings is 2. The largest absolute Gasteiger partial charge is 0.494 e. The van der Waals surface area contributed by atoms with Gasteiger partial charge in [0.25, 0.3) is 6.10 Å². The Bertz CT molecular complexity index is 1300. The summed E-state index contributed by atoms with van der Waals surface area (Å²) >= 11 is 6.58. The van der Waals surface area contributed by atoms with Crippen LogP contribution in [0.4, 0.5) is 0 Å². The maximum absolute atomic E-state index is 12.9. The van der Waals surface area contributed by atoms with Crippen molar-refractivity contribution >= 4 is 40.4 Å². The second-order valence-corrected chi connectivity index (χ2v) is 9.27. The molecule has 37 heavy (non-hydrogen) atoms. The quantitative estimate of drug-likeness (QED) is 0.171. The SMILES string of the molecule is CCCCCOc1ccc(Cn2c(C)nc3c(C)cc(C(=O)OC(C(C)=O)C(=O)OCC)cc32)c(Cl)c1. The standard InChI is InChI=1S/C28H33ClN2O6/c1-6-8-9-12-36-22-11-10-20(23(29)15-22)16-31-19(5)30-25-17(3)13-21(14-24(25)31)27(33)37-26(18(4)32)28(34)35-7-2/h10-11,13-15,26H,6-9,12,16H2,1-5H3. The Morgan fingerprint density at radius 3 is 2.49 bits per heavy atom. The molecule has 9 heteroatoms. The van der Waals surface area contributed by atoms with E-state index < -0.39 is 23.8 Å². The highest BCUT2D eigenvalue weighted by molar-refractivity contribution is 6.31. The summed E-state index contributed by atoms with van der Waals surface area (Å²) in [5, 5.41) is 0.570. The number of unbranched alkanes of at least 4 members (excludes halogenated alkanes) is 2. The lowest BCUT2D eigenvalue weighted by Crippen LogP contribution is -2.35. The van der Waals surface area contributed by atoms with Crippen LogP contribution in [0.2, 0.25) is 5.02 Å². The molecule has 0 N–H and O–H groups in total. The van der Waals surface area contributed by atoms with Crippen molar-refractivity contribution in [2.45, 2.75) is 66.5 Å². The van der Waals surface area contributed by atoms with Gasteiger partial charge in [0.15, 0.2) is 5.78 Å². The van der Waals surface area contributed by atoms with Crippen LogP contribution in [0.3, 0.4) is 0 Å². The average molecular weight is 529 g/mol. The topological polar surface area (TPSA) is 96.7 Å². The van der Waals surface area contributed by atoms with Gasteiger partial charge in [0.1, 0.15) is 11.6 Å². The first-order valence-corrected chi connectivity index (χ1v) is 12.8. The fourth-order valence-electron chi connectivity index (χ4n) is 3.97. The second kappa shape index (κ2) is 12.7. The number of esters is 2. The number of fused-ring (bicyclic) bond motifs is 1. The van der Waals surface area contributed by atoms with Crippen LogP contribution >= 0.6 is 11.6 Å². The van der Waals surface area contributed by atoms with Crippen LogP contribution in [0.5, 0.6) is 5.75 Å². The fourth-order valence-corrected chi connectivity index (χ4v) is 4.20. The van der Waals surface area contributed by atoms with E-state index in [9.17, 15) is 14.4 Å². The van der Waals surface area contributed by atoms with Gasteiger partial charge in [-0.2, -0.15) is 0 Å². The average Bonchev–Trinajstić information content (AvgIpc) is 3.17. The molecule has 0 radical (unpaired) electrons. The van der Waals surface area contributed by atoms with E-state index in [1.54, 1.807) is 19.1 Å². The predicted molar refractivity (Wildman–Crippen MR) is 141 cm³/mol. The van der Waals surface area contributed by atoms with Gasteiger partial charge in [-0.3, -0.25) is 4.79 Å². The van der Waals surface area contributed by atoms with Gasteiger partial charge >= 0.3 is 11.9 Å².